The lowest BCUT2D eigenvalue weighted by atomic mass is 10.1. The summed E-state index contributed by atoms with van der Waals surface area (Å²) in [6, 6.07) is 11.1. The zero-order valence-corrected chi connectivity index (χ0v) is 18.0. The fourth-order valence-corrected chi connectivity index (χ4v) is 4.49. The zero-order chi connectivity index (χ0) is 21.5. The van der Waals surface area contributed by atoms with Crippen LogP contribution in [0.15, 0.2) is 41.8 Å². The van der Waals surface area contributed by atoms with Crippen LogP contribution in [0.1, 0.15) is 29.8 Å². The lowest BCUT2D eigenvalue weighted by Crippen LogP contribution is -2.32. The summed E-state index contributed by atoms with van der Waals surface area (Å²) in [5, 5.41) is 5.29. The molecule has 0 fully saturated rings. The number of rotatable bonds is 4. The highest BCUT2D eigenvalue weighted by atomic mass is 32.1. The largest absolute Gasteiger partial charge is 0.454 e. The standard InChI is InChI=1S/C23H21N3O4S/c1-13(2)22(28)26-8-7-15-9-14(3-5-18(15)26)17-11-31-23(24-17)25-21(27)16-4-6-19-20(10-16)30-12-29-19/h3-6,9-11,13H,7-8,12H2,1-2H3,(H,24,25,27). The first-order valence-corrected chi connectivity index (χ1v) is 11.0. The normalized spacial score (nSPS) is 14.1. The van der Waals surface area contributed by atoms with Crippen molar-refractivity contribution in [1.29, 1.82) is 0 Å². The van der Waals surface area contributed by atoms with Crippen LogP contribution in [0.5, 0.6) is 11.5 Å². The van der Waals surface area contributed by atoms with Gasteiger partial charge in [-0.1, -0.05) is 19.9 Å². The van der Waals surface area contributed by atoms with Crippen molar-refractivity contribution < 1.29 is 19.1 Å². The maximum atomic E-state index is 12.6. The average molecular weight is 436 g/mol. The Hall–Kier alpha value is -3.39. The van der Waals surface area contributed by atoms with E-state index in [9.17, 15) is 9.59 Å². The Labute approximate surface area is 183 Å². The van der Waals surface area contributed by atoms with Crippen LogP contribution in [0.4, 0.5) is 10.8 Å². The number of hydrogen-bond donors (Lipinski definition) is 1. The van der Waals surface area contributed by atoms with E-state index in [0.29, 0.717) is 28.7 Å². The molecular formula is C23H21N3O4S. The van der Waals surface area contributed by atoms with Gasteiger partial charge in [-0.05, 0) is 42.3 Å². The molecule has 0 unspecified atom stereocenters. The van der Waals surface area contributed by atoms with Gasteiger partial charge in [0.2, 0.25) is 12.7 Å². The molecule has 2 aliphatic rings. The molecular weight excluding hydrogens is 414 g/mol. The summed E-state index contributed by atoms with van der Waals surface area (Å²) < 4.78 is 10.6. The summed E-state index contributed by atoms with van der Waals surface area (Å²) >= 11 is 1.37. The van der Waals surface area contributed by atoms with Crippen LogP contribution in [-0.2, 0) is 11.2 Å². The highest BCUT2D eigenvalue weighted by molar-refractivity contribution is 7.14. The number of carbonyl (C=O) groups is 2. The minimum absolute atomic E-state index is 0.0277. The predicted molar refractivity (Wildman–Crippen MR) is 119 cm³/mol. The SMILES string of the molecule is CC(C)C(=O)N1CCc2cc(-c3csc(NC(=O)c4ccc5c(c4)OCO5)n3)ccc21. The number of amides is 2. The molecule has 1 N–H and O–H groups in total. The molecule has 2 amide bonds. The van der Waals surface area contributed by atoms with Gasteiger partial charge in [-0.3, -0.25) is 14.9 Å². The fourth-order valence-electron chi connectivity index (χ4n) is 3.77. The Morgan fingerprint density at radius 2 is 1.97 bits per heavy atom. The van der Waals surface area contributed by atoms with Gasteiger partial charge < -0.3 is 14.4 Å². The molecule has 0 saturated carbocycles. The molecule has 0 spiro atoms. The first kappa shape index (κ1) is 19.6. The van der Waals surface area contributed by atoms with Gasteiger partial charge in [0.05, 0.1) is 5.69 Å². The van der Waals surface area contributed by atoms with E-state index in [1.807, 2.05) is 36.3 Å². The number of hydrogen-bond acceptors (Lipinski definition) is 6. The highest BCUT2D eigenvalue weighted by Gasteiger charge is 2.26. The van der Waals surface area contributed by atoms with Gasteiger partial charge in [0, 0.05) is 34.7 Å². The van der Waals surface area contributed by atoms with Gasteiger partial charge in [0.1, 0.15) is 0 Å². The summed E-state index contributed by atoms with van der Waals surface area (Å²) in [4.78, 5) is 31.4. The van der Waals surface area contributed by atoms with E-state index in [4.69, 9.17) is 9.47 Å². The summed E-state index contributed by atoms with van der Waals surface area (Å²) in [6.07, 6.45) is 0.833. The van der Waals surface area contributed by atoms with Crippen molar-refractivity contribution in [3.05, 3.63) is 52.9 Å². The van der Waals surface area contributed by atoms with E-state index in [1.54, 1.807) is 18.2 Å². The minimum atomic E-state index is -0.254. The molecule has 2 aromatic carbocycles. The highest BCUT2D eigenvalue weighted by Crippen LogP contribution is 2.35. The third kappa shape index (κ3) is 3.63. The molecule has 0 atom stereocenters. The minimum Gasteiger partial charge on any atom is -0.454 e. The molecule has 7 nitrogen and oxygen atoms in total. The van der Waals surface area contributed by atoms with Crippen LogP contribution in [-0.4, -0.2) is 30.1 Å². The van der Waals surface area contributed by atoms with Gasteiger partial charge in [0.25, 0.3) is 5.91 Å². The number of nitrogens with one attached hydrogen (secondary N) is 1. The Bertz CT molecular complexity index is 1190. The molecule has 1 aromatic heterocycles. The van der Waals surface area contributed by atoms with E-state index in [2.05, 4.69) is 16.4 Å². The van der Waals surface area contributed by atoms with E-state index in [-0.39, 0.29) is 24.5 Å². The van der Waals surface area contributed by atoms with Crippen LogP contribution < -0.4 is 19.7 Å². The maximum absolute atomic E-state index is 12.6. The molecule has 5 rings (SSSR count). The maximum Gasteiger partial charge on any atom is 0.257 e. The molecule has 3 heterocycles. The number of nitrogens with zero attached hydrogens (tertiary/aromatic N) is 2. The Kier molecular flexibility index (Phi) is 4.86. The van der Waals surface area contributed by atoms with Crippen LogP contribution in [0.3, 0.4) is 0 Å². The second-order valence-electron chi connectivity index (χ2n) is 7.80. The number of benzene rings is 2. The van der Waals surface area contributed by atoms with Crippen molar-refractivity contribution in [2.75, 3.05) is 23.6 Å². The smallest absolute Gasteiger partial charge is 0.257 e. The average Bonchev–Trinajstić information content (AvgIpc) is 3.51. The molecule has 3 aromatic rings. The number of anilines is 2. The van der Waals surface area contributed by atoms with Crippen molar-refractivity contribution >= 4 is 34.0 Å². The summed E-state index contributed by atoms with van der Waals surface area (Å²) in [6.45, 7) is 4.72. The van der Waals surface area contributed by atoms with E-state index >= 15 is 0 Å². The lowest BCUT2D eigenvalue weighted by Gasteiger charge is -2.19. The van der Waals surface area contributed by atoms with E-state index in [1.165, 1.54) is 11.3 Å². The quantitative estimate of drug-likeness (QED) is 0.660. The number of thiazole rings is 1. The number of aromatic nitrogens is 1. The topological polar surface area (TPSA) is 80.8 Å². The monoisotopic (exact) mass is 435 g/mol. The Morgan fingerprint density at radius 1 is 1.13 bits per heavy atom. The van der Waals surface area contributed by atoms with Crippen molar-refractivity contribution in [3.63, 3.8) is 0 Å². The third-order valence-electron chi connectivity index (χ3n) is 5.39. The first-order chi connectivity index (χ1) is 15.0. The van der Waals surface area contributed by atoms with Gasteiger partial charge >= 0.3 is 0 Å². The van der Waals surface area contributed by atoms with Gasteiger partial charge in [-0.15, -0.1) is 11.3 Å². The molecule has 31 heavy (non-hydrogen) atoms. The fraction of sp³-hybridized carbons (Fsp3) is 0.261. The third-order valence-corrected chi connectivity index (χ3v) is 6.15. The van der Waals surface area contributed by atoms with E-state index in [0.717, 1.165) is 28.9 Å². The van der Waals surface area contributed by atoms with Crippen molar-refractivity contribution in [2.45, 2.75) is 20.3 Å². The summed E-state index contributed by atoms with van der Waals surface area (Å²) in [5.41, 5.74) is 4.37. The van der Waals surface area contributed by atoms with Gasteiger partial charge in [-0.2, -0.15) is 0 Å². The number of ether oxygens (including phenoxy) is 2. The predicted octanol–water partition coefficient (Wildman–Crippen LogP) is 4.34. The number of fused-ring (bicyclic) bond motifs is 2. The molecule has 2 aliphatic heterocycles. The van der Waals surface area contributed by atoms with Crippen LogP contribution in [0, 0.1) is 5.92 Å². The Balaban J connectivity index is 1.32. The molecule has 0 aliphatic carbocycles. The zero-order valence-electron chi connectivity index (χ0n) is 17.2. The van der Waals surface area contributed by atoms with Crippen LogP contribution in [0.2, 0.25) is 0 Å². The second kappa shape index (κ2) is 7.70. The van der Waals surface area contributed by atoms with Crippen molar-refractivity contribution in [2.24, 2.45) is 5.92 Å². The van der Waals surface area contributed by atoms with Crippen molar-refractivity contribution in [1.82, 2.24) is 4.98 Å². The van der Waals surface area contributed by atoms with E-state index < -0.39 is 0 Å². The second-order valence-corrected chi connectivity index (χ2v) is 8.66. The van der Waals surface area contributed by atoms with Crippen LogP contribution >= 0.6 is 11.3 Å². The molecule has 158 valence electrons. The summed E-state index contributed by atoms with van der Waals surface area (Å²) in [5.74, 6) is 1.07. The molecule has 8 heteroatoms. The molecule has 0 saturated heterocycles. The van der Waals surface area contributed by atoms with Gasteiger partial charge in [0.15, 0.2) is 16.6 Å². The molecule has 0 bridgehead atoms. The first-order valence-electron chi connectivity index (χ1n) is 10.1. The van der Waals surface area contributed by atoms with Gasteiger partial charge in [-0.25, -0.2) is 4.98 Å². The van der Waals surface area contributed by atoms with Crippen molar-refractivity contribution in [3.8, 4) is 22.8 Å². The van der Waals surface area contributed by atoms with Crippen LogP contribution in [0.25, 0.3) is 11.3 Å². The lowest BCUT2D eigenvalue weighted by molar-refractivity contribution is -0.121. The summed E-state index contributed by atoms with van der Waals surface area (Å²) in [7, 11) is 0. The Morgan fingerprint density at radius 3 is 2.81 bits per heavy atom. The number of carbonyl (C=O) groups excluding carboxylic acids is 2. The molecule has 0 radical (unpaired) electrons.